The summed E-state index contributed by atoms with van der Waals surface area (Å²) < 4.78 is 39.9. The van der Waals surface area contributed by atoms with Crippen molar-refractivity contribution in [3.63, 3.8) is 0 Å². The summed E-state index contributed by atoms with van der Waals surface area (Å²) >= 11 is 0. The molecule has 142 valence electrons. The van der Waals surface area contributed by atoms with Crippen LogP contribution in [0, 0.1) is 0 Å². The van der Waals surface area contributed by atoms with Gasteiger partial charge in [-0.15, -0.1) is 0 Å². The number of benzene rings is 1. The maximum absolute atomic E-state index is 13.3. The number of alkyl halides is 3. The first-order valence-electron chi connectivity index (χ1n) is 9.16. The predicted molar refractivity (Wildman–Crippen MR) is 102 cm³/mol. The minimum Gasteiger partial charge on any atom is -0.346 e. The predicted octanol–water partition coefficient (Wildman–Crippen LogP) is 5.22. The van der Waals surface area contributed by atoms with Crippen LogP contribution in [0.25, 0.3) is 32.9 Å². The Morgan fingerprint density at radius 2 is 1.93 bits per heavy atom. The smallest absolute Gasteiger partial charge is 0.346 e. The van der Waals surface area contributed by atoms with Crippen molar-refractivity contribution in [3.05, 3.63) is 60.2 Å². The number of fused-ring (bicyclic) bond motifs is 2. The molecule has 4 aromatic rings. The van der Waals surface area contributed by atoms with Gasteiger partial charge in [0.2, 0.25) is 0 Å². The number of rotatable bonds is 2. The Bertz CT molecular complexity index is 1170. The number of hydrogen-bond donors (Lipinski definition) is 2. The molecule has 1 aliphatic heterocycles. The van der Waals surface area contributed by atoms with Crippen molar-refractivity contribution in [1.29, 1.82) is 0 Å². The third-order valence-electron chi connectivity index (χ3n) is 5.39. The summed E-state index contributed by atoms with van der Waals surface area (Å²) in [4.78, 5) is 11.1. The lowest BCUT2D eigenvalue weighted by Gasteiger charge is -2.16. The first-order chi connectivity index (χ1) is 13.5. The van der Waals surface area contributed by atoms with Gasteiger partial charge in [-0.25, -0.2) is 4.98 Å². The van der Waals surface area contributed by atoms with E-state index in [1.54, 1.807) is 18.5 Å². The maximum Gasteiger partial charge on any atom is 0.418 e. The molecule has 1 fully saturated rings. The molecule has 4 heterocycles. The second kappa shape index (κ2) is 6.31. The van der Waals surface area contributed by atoms with Gasteiger partial charge in [0.05, 0.1) is 5.56 Å². The number of halogens is 3. The van der Waals surface area contributed by atoms with Crippen LogP contribution < -0.4 is 5.32 Å². The van der Waals surface area contributed by atoms with Crippen molar-refractivity contribution in [2.24, 2.45) is 0 Å². The fourth-order valence-corrected chi connectivity index (χ4v) is 4.03. The molecule has 1 aliphatic rings. The van der Waals surface area contributed by atoms with Gasteiger partial charge in [-0.1, -0.05) is 0 Å². The Morgan fingerprint density at radius 1 is 1.04 bits per heavy atom. The number of aromatic amines is 1. The number of aromatic nitrogens is 3. The van der Waals surface area contributed by atoms with Crippen LogP contribution in [-0.2, 0) is 6.18 Å². The van der Waals surface area contributed by atoms with E-state index >= 15 is 0 Å². The van der Waals surface area contributed by atoms with Crippen LogP contribution >= 0.6 is 0 Å². The number of H-pyrrole nitrogens is 1. The lowest BCUT2D eigenvalue weighted by molar-refractivity contribution is -0.136. The molecule has 0 aliphatic carbocycles. The normalized spacial score (nSPS) is 17.6. The van der Waals surface area contributed by atoms with Gasteiger partial charge in [0.25, 0.3) is 0 Å². The summed E-state index contributed by atoms with van der Waals surface area (Å²) in [5.41, 5.74) is 2.18. The van der Waals surface area contributed by atoms with E-state index in [-0.39, 0.29) is 17.1 Å². The fourth-order valence-electron chi connectivity index (χ4n) is 4.03. The summed E-state index contributed by atoms with van der Waals surface area (Å²) in [5, 5.41) is 5.67. The molecule has 1 saturated heterocycles. The van der Waals surface area contributed by atoms with Gasteiger partial charge in [0.15, 0.2) is 0 Å². The molecule has 4 nitrogen and oxygen atoms in total. The molecular weight excluding hydrogens is 365 g/mol. The molecule has 0 radical (unpaired) electrons. The zero-order valence-corrected chi connectivity index (χ0v) is 14.8. The fraction of sp³-hybridized carbons (Fsp3) is 0.238. The summed E-state index contributed by atoms with van der Waals surface area (Å²) in [6.07, 6.45) is 3.88. The highest BCUT2D eigenvalue weighted by molar-refractivity contribution is 5.92. The average molecular weight is 382 g/mol. The quantitative estimate of drug-likeness (QED) is 0.500. The van der Waals surface area contributed by atoms with E-state index in [1.807, 2.05) is 18.3 Å². The molecule has 3 aromatic heterocycles. The van der Waals surface area contributed by atoms with Crippen LogP contribution in [-0.4, -0.2) is 21.5 Å². The highest BCUT2D eigenvalue weighted by Gasteiger charge is 2.34. The summed E-state index contributed by atoms with van der Waals surface area (Å²) in [5.74, 6) is 0. The van der Waals surface area contributed by atoms with Crippen molar-refractivity contribution >= 4 is 21.8 Å². The SMILES string of the molecule is FC(F)(F)c1c[nH]c2ncc(-c3cc(C4CCCN4)c4cnccc4c3)cc12. The number of nitrogens with one attached hydrogen (secondary N) is 2. The number of hydrogen-bond acceptors (Lipinski definition) is 3. The van der Waals surface area contributed by atoms with Crippen LogP contribution in [0.4, 0.5) is 13.2 Å². The molecule has 0 bridgehead atoms. The first-order valence-corrected chi connectivity index (χ1v) is 9.16. The molecule has 7 heteroatoms. The lowest BCUT2D eigenvalue weighted by atomic mass is 9.93. The molecule has 28 heavy (non-hydrogen) atoms. The van der Waals surface area contributed by atoms with E-state index in [4.69, 9.17) is 0 Å². The summed E-state index contributed by atoms with van der Waals surface area (Å²) in [6, 6.07) is 7.76. The van der Waals surface area contributed by atoms with E-state index < -0.39 is 11.7 Å². The lowest BCUT2D eigenvalue weighted by Crippen LogP contribution is -2.13. The van der Waals surface area contributed by atoms with E-state index in [0.29, 0.717) is 5.56 Å². The van der Waals surface area contributed by atoms with Crippen molar-refractivity contribution in [3.8, 4) is 11.1 Å². The van der Waals surface area contributed by atoms with Crippen LogP contribution in [0.2, 0.25) is 0 Å². The highest BCUT2D eigenvalue weighted by atomic mass is 19.4. The van der Waals surface area contributed by atoms with E-state index in [0.717, 1.165) is 47.5 Å². The van der Waals surface area contributed by atoms with Crippen molar-refractivity contribution in [2.75, 3.05) is 6.54 Å². The van der Waals surface area contributed by atoms with Crippen LogP contribution in [0.3, 0.4) is 0 Å². The van der Waals surface area contributed by atoms with Gasteiger partial charge in [0, 0.05) is 47.2 Å². The van der Waals surface area contributed by atoms with Gasteiger partial charge < -0.3 is 10.3 Å². The van der Waals surface area contributed by atoms with Gasteiger partial charge >= 0.3 is 6.18 Å². The van der Waals surface area contributed by atoms with Crippen molar-refractivity contribution in [1.82, 2.24) is 20.3 Å². The molecule has 0 saturated carbocycles. The minimum atomic E-state index is -4.42. The largest absolute Gasteiger partial charge is 0.418 e. The number of nitrogens with zero attached hydrogens (tertiary/aromatic N) is 2. The Hall–Kier alpha value is -2.93. The monoisotopic (exact) mass is 382 g/mol. The maximum atomic E-state index is 13.3. The van der Waals surface area contributed by atoms with Gasteiger partial charge in [0.1, 0.15) is 5.65 Å². The average Bonchev–Trinajstić information content (AvgIpc) is 3.36. The molecule has 1 aromatic carbocycles. The van der Waals surface area contributed by atoms with Crippen LogP contribution in [0.1, 0.15) is 30.0 Å². The van der Waals surface area contributed by atoms with Crippen LogP contribution in [0.5, 0.6) is 0 Å². The summed E-state index contributed by atoms with van der Waals surface area (Å²) in [7, 11) is 0. The third kappa shape index (κ3) is 2.82. The molecule has 0 spiro atoms. The Balaban J connectivity index is 1.70. The third-order valence-corrected chi connectivity index (χ3v) is 5.39. The van der Waals surface area contributed by atoms with E-state index in [2.05, 4.69) is 26.3 Å². The molecule has 1 unspecified atom stereocenters. The van der Waals surface area contributed by atoms with Gasteiger partial charge in [-0.3, -0.25) is 4.98 Å². The zero-order valence-electron chi connectivity index (χ0n) is 14.8. The molecule has 2 N–H and O–H groups in total. The molecule has 1 atom stereocenters. The Morgan fingerprint density at radius 3 is 2.71 bits per heavy atom. The van der Waals surface area contributed by atoms with Gasteiger partial charge in [-0.2, -0.15) is 13.2 Å². The standard InChI is InChI=1S/C21H17F3N4/c22-21(23,24)18-11-28-20-16(18)8-14(9-27-20)13-6-12-3-5-25-10-17(12)15(7-13)19-2-1-4-26-19/h3,5-11,19,26H,1-2,4H2,(H,27,28). The first kappa shape index (κ1) is 17.2. The topological polar surface area (TPSA) is 53.6 Å². The van der Waals surface area contributed by atoms with Gasteiger partial charge in [-0.05, 0) is 60.2 Å². The van der Waals surface area contributed by atoms with Crippen LogP contribution in [0.15, 0.2) is 49.1 Å². The molecule has 5 rings (SSSR count). The second-order valence-electron chi connectivity index (χ2n) is 7.13. The minimum absolute atomic E-state index is 0.0837. The second-order valence-corrected chi connectivity index (χ2v) is 7.13. The van der Waals surface area contributed by atoms with Crippen molar-refractivity contribution in [2.45, 2.75) is 25.1 Å². The van der Waals surface area contributed by atoms with E-state index in [1.165, 1.54) is 0 Å². The van der Waals surface area contributed by atoms with Crippen molar-refractivity contribution < 1.29 is 13.2 Å². The number of pyridine rings is 2. The summed E-state index contributed by atoms with van der Waals surface area (Å²) in [6.45, 7) is 0.961. The molecular formula is C21H17F3N4. The molecule has 0 amide bonds. The Labute approximate surface area is 158 Å². The Kier molecular flexibility index (Phi) is 3.87. The zero-order chi connectivity index (χ0) is 19.3. The van der Waals surface area contributed by atoms with E-state index in [9.17, 15) is 13.2 Å². The highest BCUT2D eigenvalue weighted by Crippen LogP contribution is 2.37.